The van der Waals surface area contributed by atoms with Gasteiger partial charge in [-0.3, -0.25) is 9.36 Å². The number of hydrogen-bond acceptors (Lipinski definition) is 6. The van der Waals surface area contributed by atoms with E-state index < -0.39 is 0 Å². The van der Waals surface area contributed by atoms with E-state index in [1.807, 2.05) is 13.8 Å². The lowest BCUT2D eigenvalue weighted by atomic mass is 10.3. The van der Waals surface area contributed by atoms with Crippen LogP contribution in [0, 0.1) is 6.92 Å². The molecule has 2 heterocycles. The maximum Gasteiger partial charge on any atom is 0.263 e. The number of benzene rings is 1. The third-order valence-corrected chi connectivity index (χ3v) is 3.50. The molecule has 1 aromatic carbocycles. The largest absolute Gasteiger partial charge is 0.494 e. The fourth-order valence-electron chi connectivity index (χ4n) is 2.29. The van der Waals surface area contributed by atoms with Crippen molar-refractivity contribution in [1.82, 2.24) is 19.5 Å². The lowest BCUT2D eigenvalue weighted by Crippen LogP contribution is -2.21. The summed E-state index contributed by atoms with van der Waals surface area (Å²) in [7, 11) is 0. The second-order valence-corrected chi connectivity index (χ2v) is 5.35. The van der Waals surface area contributed by atoms with Crippen molar-refractivity contribution in [3.05, 3.63) is 54.9 Å². The Morgan fingerprint density at radius 3 is 2.50 bits per heavy atom. The Morgan fingerprint density at radius 2 is 1.85 bits per heavy atom. The molecule has 1 amide bonds. The summed E-state index contributed by atoms with van der Waals surface area (Å²) in [6.45, 7) is 4.26. The smallest absolute Gasteiger partial charge is 0.263 e. The molecular weight excluding hydrogens is 334 g/mol. The van der Waals surface area contributed by atoms with E-state index in [2.05, 4.69) is 20.3 Å². The van der Waals surface area contributed by atoms with Gasteiger partial charge >= 0.3 is 0 Å². The Kier molecular flexibility index (Phi) is 5.43. The van der Waals surface area contributed by atoms with Crippen LogP contribution in [0.1, 0.15) is 12.7 Å². The van der Waals surface area contributed by atoms with Gasteiger partial charge in [0.05, 0.1) is 6.61 Å². The molecule has 0 aliphatic heterocycles. The lowest BCUT2D eigenvalue weighted by Gasteiger charge is -2.09. The predicted molar refractivity (Wildman–Crippen MR) is 95.6 cm³/mol. The minimum Gasteiger partial charge on any atom is -0.494 e. The molecule has 0 radical (unpaired) electrons. The summed E-state index contributed by atoms with van der Waals surface area (Å²) in [4.78, 5) is 24.5. The average molecular weight is 353 g/mol. The lowest BCUT2D eigenvalue weighted by molar-refractivity contribution is -0.118. The maximum absolute atomic E-state index is 12.1. The van der Waals surface area contributed by atoms with E-state index in [1.165, 1.54) is 6.33 Å². The second kappa shape index (κ2) is 8.11. The van der Waals surface area contributed by atoms with E-state index >= 15 is 0 Å². The molecule has 0 saturated carbocycles. The van der Waals surface area contributed by atoms with Crippen molar-refractivity contribution in [3.63, 3.8) is 0 Å². The molecule has 2 aromatic heterocycles. The first-order valence-corrected chi connectivity index (χ1v) is 8.13. The molecular formula is C18H19N5O3. The highest BCUT2D eigenvalue weighted by Crippen LogP contribution is 2.17. The van der Waals surface area contributed by atoms with Gasteiger partial charge in [0.1, 0.15) is 35.3 Å². The van der Waals surface area contributed by atoms with E-state index in [1.54, 1.807) is 47.3 Å². The number of imidazole rings is 1. The quantitative estimate of drug-likeness (QED) is 0.701. The standard InChI is InChI=1S/C18H19N5O3/c1-3-25-14-4-6-15(7-5-14)26-11-18(24)22-16-10-17(21-12-20-16)23-9-8-19-13(23)2/h4-10,12H,3,11H2,1-2H3,(H,20,21,22,24). The summed E-state index contributed by atoms with van der Waals surface area (Å²) in [5, 5.41) is 2.69. The third-order valence-electron chi connectivity index (χ3n) is 3.50. The highest BCUT2D eigenvalue weighted by atomic mass is 16.5. The molecule has 1 N–H and O–H groups in total. The topological polar surface area (TPSA) is 91.2 Å². The van der Waals surface area contributed by atoms with Gasteiger partial charge in [0.25, 0.3) is 5.91 Å². The monoisotopic (exact) mass is 353 g/mol. The van der Waals surface area contributed by atoms with Gasteiger partial charge in [-0.2, -0.15) is 0 Å². The highest BCUT2D eigenvalue weighted by molar-refractivity contribution is 5.91. The first-order chi connectivity index (χ1) is 12.7. The van der Waals surface area contributed by atoms with Crippen molar-refractivity contribution in [2.24, 2.45) is 0 Å². The fraction of sp³-hybridized carbons (Fsp3) is 0.222. The van der Waals surface area contributed by atoms with Crippen molar-refractivity contribution >= 4 is 11.7 Å². The number of hydrogen-bond donors (Lipinski definition) is 1. The number of nitrogens with zero attached hydrogens (tertiary/aromatic N) is 4. The molecule has 0 aliphatic rings. The number of anilines is 1. The Bertz CT molecular complexity index is 877. The molecule has 3 aromatic rings. The summed E-state index contributed by atoms with van der Waals surface area (Å²) in [6.07, 6.45) is 4.86. The fourth-order valence-corrected chi connectivity index (χ4v) is 2.29. The van der Waals surface area contributed by atoms with Crippen LogP contribution in [-0.4, -0.2) is 38.6 Å². The van der Waals surface area contributed by atoms with Crippen molar-refractivity contribution in [1.29, 1.82) is 0 Å². The molecule has 8 nitrogen and oxygen atoms in total. The molecule has 8 heteroatoms. The summed E-state index contributed by atoms with van der Waals surface area (Å²) >= 11 is 0. The van der Waals surface area contributed by atoms with Gasteiger partial charge < -0.3 is 14.8 Å². The van der Waals surface area contributed by atoms with Crippen LogP contribution in [0.2, 0.25) is 0 Å². The van der Waals surface area contributed by atoms with Crippen LogP contribution in [0.4, 0.5) is 5.82 Å². The summed E-state index contributed by atoms with van der Waals surface area (Å²) < 4.78 is 12.6. The van der Waals surface area contributed by atoms with Gasteiger partial charge in [-0.1, -0.05) is 0 Å². The van der Waals surface area contributed by atoms with E-state index in [0.29, 0.717) is 24.0 Å². The second-order valence-electron chi connectivity index (χ2n) is 5.35. The van der Waals surface area contributed by atoms with E-state index in [-0.39, 0.29) is 12.5 Å². The van der Waals surface area contributed by atoms with Gasteiger partial charge in [0.2, 0.25) is 0 Å². The summed E-state index contributed by atoms with van der Waals surface area (Å²) in [5.41, 5.74) is 0. The molecule has 0 saturated heterocycles. The SMILES string of the molecule is CCOc1ccc(OCC(=O)Nc2cc(-n3ccnc3C)ncn2)cc1. The number of aryl methyl sites for hydroxylation is 1. The van der Waals surface area contributed by atoms with E-state index in [4.69, 9.17) is 9.47 Å². The number of amides is 1. The molecule has 26 heavy (non-hydrogen) atoms. The summed E-state index contributed by atoms with van der Waals surface area (Å²) in [5.74, 6) is 2.83. The van der Waals surface area contributed by atoms with Crippen molar-refractivity contribution in [2.45, 2.75) is 13.8 Å². The van der Waals surface area contributed by atoms with Crippen LogP contribution >= 0.6 is 0 Å². The molecule has 0 bridgehead atoms. The zero-order valence-corrected chi connectivity index (χ0v) is 14.5. The number of aromatic nitrogens is 4. The normalized spacial score (nSPS) is 10.4. The molecule has 0 aliphatic carbocycles. The van der Waals surface area contributed by atoms with Gasteiger partial charge in [-0.15, -0.1) is 0 Å². The first-order valence-electron chi connectivity index (χ1n) is 8.13. The highest BCUT2D eigenvalue weighted by Gasteiger charge is 2.08. The molecule has 0 fully saturated rings. The summed E-state index contributed by atoms with van der Waals surface area (Å²) in [6, 6.07) is 8.76. The molecule has 3 rings (SSSR count). The Morgan fingerprint density at radius 1 is 1.12 bits per heavy atom. The number of ether oxygens (including phenoxy) is 2. The van der Waals surface area contributed by atoms with Crippen LogP contribution in [0.3, 0.4) is 0 Å². The molecule has 134 valence electrons. The Hall–Kier alpha value is -3.42. The Labute approximate surface area is 150 Å². The third kappa shape index (κ3) is 4.35. The molecule has 0 atom stereocenters. The minimum atomic E-state index is -0.314. The first kappa shape index (κ1) is 17.4. The van der Waals surface area contributed by atoms with Gasteiger partial charge in [0, 0.05) is 18.5 Å². The van der Waals surface area contributed by atoms with Crippen LogP contribution in [0.25, 0.3) is 5.82 Å². The average Bonchev–Trinajstić information content (AvgIpc) is 3.08. The number of rotatable bonds is 7. The van der Waals surface area contributed by atoms with Crippen molar-refractivity contribution < 1.29 is 14.3 Å². The van der Waals surface area contributed by atoms with Crippen molar-refractivity contribution in [3.8, 4) is 17.3 Å². The van der Waals surface area contributed by atoms with Gasteiger partial charge in [0.15, 0.2) is 6.61 Å². The van der Waals surface area contributed by atoms with Gasteiger partial charge in [-0.05, 0) is 38.1 Å². The zero-order chi connectivity index (χ0) is 18.4. The predicted octanol–water partition coefficient (Wildman–Crippen LogP) is 2.39. The van der Waals surface area contributed by atoms with E-state index in [0.717, 1.165) is 11.6 Å². The van der Waals surface area contributed by atoms with Crippen LogP contribution in [0.15, 0.2) is 49.1 Å². The van der Waals surface area contributed by atoms with Crippen molar-refractivity contribution in [2.75, 3.05) is 18.5 Å². The zero-order valence-electron chi connectivity index (χ0n) is 14.5. The van der Waals surface area contributed by atoms with Crippen LogP contribution < -0.4 is 14.8 Å². The number of nitrogens with one attached hydrogen (secondary N) is 1. The molecule has 0 unspecified atom stereocenters. The minimum absolute atomic E-state index is 0.128. The number of carbonyl (C=O) groups excluding carboxylic acids is 1. The Balaban J connectivity index is 1.57. The van der Waals surface area contributed by atoms with E-state index in [9.17, 15) is 4.79 Å². The van der Waals surface area contributed by atoms with Crippen LogP contribution in [-0.2, 0) is 4.79 Å². The van der Waals surface area contributed by atoms with Crippen LogP contribution in [0.5, 0.6) is 11.5 Å². The molecule has 0 spiro atoms. The maximum atomic E-state index is 12.1. The van der Waals surface area contributed by atoms with Gasteiger partial charge in [-0.25, -0.2) is 15.0 Å². The number of carbonyl (C=O) groups is 1.